The van der Waals surface area contributed by atoms with Gasteiger partial charge in [-0.05, 0) is 56.7 Å². The van der Waals surface area contributed by atoms with Gasteiger partial charge in [-0.25, -0.2) is 22.5 Å². The molecule has 30 heavy (non-hydrogen) atoms. The van der Waals surface area contributed by atoms with Gasteiger partial charge < -0.3 is 10.5 Å². The van der Waals surface area contributed by atoms with Crippen LogP contribution in [0.4, 0.5) is 10.2 Å². The predicted molar refractivity (Wildman–Crippen MR) is 114 cm³/mol. The Morgan fingerprint density at radius 1 is 1.03 bits per heavy atom. The largest absolute Gasteiger partial charge is 0.497 e. The molecule has 9 heteroatoms. The first-order valence-corrected chi connectivity index (χ1v) is 10.6. The van der Waals surface area contributed by atoms with Gasteiger partial charge in [0.05, 0.1) is 30.1 Å². The number of benzene rings is 2. The second kappa shape index (κ2) is 8.00. The lowest BCUT2D eigenvalue weighted by molar-refractivity contribution is 0.414. The SMILES string of the molecule is COc1ccc(S(=O)(=O)NC(C)(C)C)c(-c2ccc(-c3cnc(N)cn3)c(F)c2)c1. The van der Waals surface area contributed by atoms with E-state index < -0.39 is 21.4 Å². The van der Waals surface area contributed by atoms with E-state index in [0.717, 1.165) is 0 Å². The molecule has 0 saturated heterocycles. The summed E-state index contributed by atoms with van der Waals surface area (Å²) in [6.45, 7) is 5.24. The Bertz CT molecular complexity index is 1170. The van der Waals surface area contributed by atoms with E-state index in [2.05, 4.69) is 14.7 Å². The third-order valence-electron chi connectivity index (χ3n) is 4.14. The van der Waals surface area contributed by atoms with Crippen molar-refractivity contribution in [3.63, 3.8) is 0 Å². The van der Waals surface area contributed by atoms with Crippen LogP contribution in [0.15, 0.2) is 53.7 Å². The summed E-state index contributed by atoms with van der Waals surface area (Å²) in [5.41, 5.74) is 6.10. The van der Waals surface area contributed by atoms with Crippen LogP contribution in [-0.4, -0.2) is 31.0 Å². The van der Waals surface area contributed by atoms with Crippen molar-refractivity contribution >= 4 is 15.8 Å². The van der Waals surface area contributed by atoms with Crippen molar-refractivity contribution in [1.29, 1.82) is 0 Å². The Morgan fingerprint density at radius 3 is 2.33 bits per heavy atom. The number of hydrogen-bond acceptors (Lipinski definition) is 6. The van der Waals surface area contributed by atoms with Crippen LogP contribution in [0.3, 0.4) is 0 Å². The van der Waals surface area contributed by atoms with Gasteiger partial charge in [0.25, 0.3) is 0 Å². The highest BCUT2D eigenvalue weighted by Crippen LogP contribution is 2.34. The Hall–Kier alpha value is -3.04. The lowest BCUT2D eigenvalue weighted by Crippen LogP contribution is -2.40. The van der Waals surface area contributed by atoms with E-state index in [9.17, 15) is 12.8 Å². The van der Waals surface area contributed by atoms with E-state index in [-0.39, 0.29) is 16.3 Å². The van der Waals surface area contributed by atoms with E-state index in [4.69, 9.17) is 10.5 Å². The molecule has 0 unspecified atom stereocenters. The Balaban J connectivity index is 2.13. The van der Waals surface area contributed by atoms with Crippen molar-refractivity contribution in [3.8, 4) is 28.1 Å². The molecule has 3 N–H and O–H groups in total. The van der Waals surface area contributed by atoms with Gasteiger partial charge in [0.2, 0.25) is 10.0 Å². The molecule has 0 aliphatic carbocycles. The fraction of sp³-hybridized carbons (Fsp3) is 0.238. The summed E-state index contributed by atoms with van der Waals surface area (Å²) in [6.07, 6.45) is 2.72. The smallest absolute Gasteiger partial charge is 0.241 e. The van der Waals surface area contributed by atoms with Crippen molar-refractivity contribution in [3.05, 3.63) is 54.6 Å². The van der Waals surface area contributed by atoms with Crippen LogP contribution in [0.25, 0.3) is 22.4 Å². The van der Waals surface area contributed by atoms with Crippen LogP contribution < -0.4 is 15.2 Å². The number of hydrogen-bond donors (Lipinski definition) is 2. The lowest BCUT2D eigenvalue weighted by atomic mass is 10.0. The van der Waals surface area contributed by atoms with Crippen LogP contribution in [0.1, 0.15) is 20.8 Å². The van der Waals surface area contributed by atoms with Gasteiger partial charge in [0.15, 0.2) is 0 Å². The maximum absolute atomic E-state index is 14.9. The molecule has 7 nitrogen and oxygen atoms in total. The molecule has 0 bridgehead atoms. The van der Waals surface area contributed by atoms with Gasteiger partial charge in [0.1, 0.15) is 17.4 Å². The van der Waals surface area contributed by atoms with Crippen molar-refractivity contribution in [1.82, 2.24) is 14.7 Å². The monoisotopic (exact) mass is 430 g/mol. The van der Waals surface area contributed by atoms with Gasteiger partial charge in [-0.1, -0.05) is 6.07 Å². The first-order valence-electron chi connectivity index (χ1n) is 9.10. The molecule has 3 rings (SSSR count). The number of aromatic nitrogens is 2. The molecule has 0 aliphatic heterocycles. The quantitative estimate of drug-likeness (QED) is 0.640. The zero-order chi connectivity index (χ0) is 22.1. The second-order valence-electron chi connectivity index (χ2n) is 7.74. The van der Waals surface area contributed by atoms with Crippen LogP contribution in [-0.2, 0) is 10.0 Å². The number of nitrogen functional groups attached to an aromatic ring is 1. The third kappa shape index (κ3) is 4.74. The summed E-state index contributed by atoms with van der Waals surface area (Å²) in [6, 6.07) is 8.97. The molecule has 0 radical (unpaired) electrons. The van der Waals surface area contributed by atoms with Gasteiger partial charge in [-0.15, -0.1) is 0 Å². The number of nitrogens with zero attached hydrogens (tertiary/aromatic N) is 2. The summed E-state index contributed by atoms with van der Waals surface area (Å²) in [5, 5.41) is 0. The van der Waals surface area contributed by atoms with Crippen molar-refractivity contribution < 1.29 is 17.5 Å². The van der Waals surface area contributed by atoms with Gasteiger partial charge in [0, 0.05) is 16.7 Å². The molecular weight excluding hydrogens is 407 g/mol. The lowest BCUT2D eigenvalue weighted by Gasteiger charge is -2.22. The summed E-state index contributed by atoms with van der Waals surface area (Å²) >= 11 is 0. The zero-order valence-corrected chi connectivity index (χ0v) is 17.9. The summed E-state index contributed by atoms with van der Waals surface area (Å²) in [7, 11) is -2.39. The number of methoxy groups -OCH3 is 1. The normalized spacial score (nSPS) is 12.0. The van der Waals surface area contributed by atoms with Crippen LogP contribution >= 0.6 is 0 Å². The highest BCUT2D eigenvalue weighted by atomic mass is 32.2. The Morgan fingerprint density at radius 2 is 1.77 bits per heavy atom. The van der Waals surface area contributed by atoms with Gasteiger partial charge in [-0.3, -0.25) is 4.98 Å². The topological polar surface area (TPSA) is 107 Å². The summed E-state index contributed by atoms with van der Waals surface area (Å²) in [5.74, 6) is 0.114. The van der Waals surface area contributed by atoms with Gasteiger partial charge >= 0.3 is 0 Å². The number of sulfonamides is 1. The maximum Gasteiger partial charge on any atom is 0.241 e. The molecule has 0 atom stereocenters. The Labute approximate surface area is 175 Å². The Kier molecular flexibility index (Phi) is 5.78. The first-order chi connectivity index (χ1) is 14.0. The molecule has 158 valence electrons. The van der Waals surface area contributed by atoms with E-state index in [1.54, 1.807) is 39.0 Å². The van der Waals surface area contributed by atoms with Crippen molar-refractivity contribution in [2.24, 2.45) is 0 Å². The fourth-order valence-electron chi connectivity index (χ4n) is 2.92. The van der Waals surface area contributed by atoms with Crippen LogP contribution in [0, 0.1) is 5.82 Å². The fourth-order valence-corrected chi connectivity index (χ4v) is 4.55. The highest BCUT2D eigenvalue weighted by Gasteiger charge is 2.26. The average molecular weight is 431 g/mol. The maximum atomic E-state index is 14.9. The number of rotatable bonds is 5. The minimum absolute atomic E-state index is 0.0256. The van der Waals surface area contributed by atoms with Crippen molar-refractivity contribution in [2.45, 2.75) is 31.2 Å². The number of nitrogens with one attached hydrogen (secondary N) is 1. The van der Waals surface area contributed by atoms with Gasteiger partial charge in [-0.2, -0.15) is 0 Å². The predicted octanol–water partition coefficient (Wildman–Crippen LogP) is 3.62. The molecule has 1 heterocycles. The summed E-state index contributed by atoms with van der Waals surface area (Å²) in [4.78, 5) is 8.03. The minimum atomic E-state index is -3.87. The van der Waals surface area contributed by atoms with E-state index >= 15 is 0 Å². The molecule has 0 spiro atoms. The van der Waals surface area contributed by atoms with Crippen LogP contribution in [0.5, 0.6) is 5.75 Å². The van der Waals surface area contributed by atoms with Crippen LogP contribution in [0.2, 0.25) is 0 Å². The van der Waals surface area contributed by atoms with Crippen molar-refractivity contribution in [2.75, 3.05) is 12.8 Å². The molecular formula is C21H23FN4O3S. The highest BCUT2D eigenvalue weighted by molar-refractivity contribution is 7.89. The number of nitrogens with two attached hydrogens (primary N) is 1. The van der Waals surface area contributed by atoms with E-state index in [1.807, 2.05) is 0 Å². The molecule has 0 aliphatic rings. The molecule has 1 aromatic heterocycles. The number of anilines is 1. The molecule has 3 aromatic rings. The second-order valence-corrected chi connectivity index (χ2v) is 9.39. The minimum Gasteiger partial charge on any atom is -0.497 e. The average Bonchev–Trinajstić information content (AvgIpc) is 2.66. The van der Waals surface area contributed by atoms with E-state index in [1.165, 1.54) is 37.7 Å². The zero-order valence-electron chi connectivity index (χ0n) is 17.1. The number of ether oxygens (including phenoxy) is 1. The summed E-state index contributed by atoms with van der Waals surface area (Å²) < 4.78 is 48.7. The van der Waals surface area contributed by atoms with E-state index in [0.29, 0.717) is 22.6 Å². The molecule has 0 fully saturated rings. The first kappa shape index (κ1) is 21.7. The number of halogens is 1. The molecule has 0 saturated carbocycles. The standard InChI is InChI=1S/C21H23FN4O3S/c1-21(2,3)26-30(27,28)19-8-6-14(29-4)10-16(19)13-5-7-15(17(22)9-13)18-11-25-20(23)12-24-18/h5-12,26H,1-4H3,(H2,23,25). The molecule has 2 aromatic carbocycles. The third-order valence-corrected chi connectivity index (χ3v) is 5.96. The molecule has 0 amide bonds.